The van der Waals surface area contributed by atoms with E-state index in [1.807, 2.05) is 4.90 Å². The fraction of sp³-hybridized carbons (Fsp3) is 0.269. The van der Waals surface area contributed by atoms with Gasteiger partial charge in [-0.2, -0.15) is 0 Å². The van der Waals surface area contributed by atoms with Gasteiger partial charge in [0, 0.05) is 36.3 Å². The number of carbonyl (C=O) groups is 3. The average Bonchev–Trinajstić information content (AvgIpc) is 3.45. The first kappa shape index (κ1) is 26.5. The molecule has 0 aliphatic carbocycles. The summed E-state index contributed by atoms with van der Waals surface area (Å²) >= 11 is 2.86. The maximum absolute atomic E-state index is 13.1. The maximum Gasteiger partial charge on any atom is 0.289 e. The maximum atomic E-state index is 13.1. The van der Waals surface area contributed by atoms with Crippen molar-refractivity contribution in [2.24, 2.45) is 0 Å². The predicted octanol–water partition coefficient (Wildman–Crippen LogP) is 3.33. The van der Waals surface area contributed by atoms with E-state index in [0.29, 0.717) is 35.0 Å². The molecule has 1 aliphatic heterocycles. The second-order valence-electron chi connectivity index (χ2n) is 8.35. The third kappa shape index (κ3) is 6.62. The number of pyridine rings is 1. The van der Waals surface area contributed by atoms with E-state index in [4.69, 9.17) is 0 Å². The van der Waals surface area contributed by atoms with Gasteiger partial charge in [0.15, 0.2) is 6.10 Å². The highest BCUT2D eigenvalue weighted by Gasteiger charge is 2.28. The number of carbonyl (C=O) groups excluding carboxylic acids is 3. The third-order valence-corrected chi connectivity index (χ3v) is 7.90. The molecule has 1 fully saturated rings. The van der Waals surface area contributed by atoms with Gasteiger partial charge >= 0.3 is 0 Å². The highest BCUT2D eigenvalue weighted by molar-refractivity contribution is 7.99. The van der Waals surface area contributed by atoms with Crippen LogP contribution in [0.25, 0.3) is 0 Å². The number of nitrogens with one attached hydrogen (secondary N) is 2. The third-order valence-electron chi connectivity index (χ3n) is 5.89. The molecule has 4 rings (SSSR count). The second kappa shape index (κ2) is 12.6. The number of amides is 3. The van der Waals surface area contributed by atoms with Crippen LogP contribution in [0.1, 0.15) is 56.3 Å². The van der Waals surface area contributed by atoms with Gasteiger partial charge in [-0.05, 0) is 30.5 Å². The zero-order chi connectivity index (χ0) is 26.2. The monoisotopic (exact) mass is 537 g/mol. The van der Waals surface area contributed by atoms with Gasteiger partial charge in [0.05, 0.1) is 10.6 Å². The number of hydrogen-bond donors (Lipinski definition) is 3. The Kier molecular flexibility index (Phi) is 9.04. The molecule has 0 radical (unpaired) electrons. The van der Waals surface area contributed by atoms with Crippen LogP contribution in [-0.2, 0) is 4.79 Å². The van der Waals surface area contributed by atoms with Gasteiger partial charge in [-0.1, -0.05) is 36.4 Å². The molecule has 1 aromatic carbocycles. The first-order chi connectivity index (χ1) is 18.0. The Morgan fingerprint density at radius 1 is 1.16 bits per heavy atom. The summed E-state index contributed by atoms with van der Waals surface area (Å²) in [5.74, 6) is -0.535. The van der Waals surface area contributed by atoms with E-state index in [1.54, 1.807) is 60.1 Å². The molecular weight excluding hydrogens is 510 g/mol. The summed E-state index contributed by atoms with van der Waals surface area (Å²) in [4.78, 5) is 48.4. The van der Waals surface area contributed by atoms with Crippen molar-refractivity contribution >= 4 is 40.8 Å². The Balaban J connectivity index is 1.29. The van der Waals surface area contributed by atoms with Gasteiger partial charge in [-0.15, -0.1) is 29.7 Å². The first-order valence-electron chi connectivity index (χ1n) is 11.7. The number of thiazole rings is 1. The van der Waals surface area contributed by atoms with Gasteiger partial charge in [0.2, 0.25) is 0 Å². The fourth-order valence-corrected chi connectivity index (χ4v) is 5.62. The summed E-state index contributed by atoms with van der Waals surface area (Å²) in [5, 5.41) is 13.3. The Labute approximate surface area is 223 Å². The smallest absolute Gasteiger partial charge is 0.289 e. The molecule has 0 saturated carbocycles. The van der Waals surface area contributed by atoms with Gasteiger partial charge in [0.25, 0.3) is 17.7 Å². The van der Waals surface area contributed by atoms with Crippen molar-refractivity contribution in [1.29, 1.82) is 0 Å². The number of nitrogens with zero attached hydrogens (tertiary/aromatic N) is 3. The number of rotatable bonds is 8. The lowest BCUT2D eigenvalue weighted by Crippen LogP contribution is -2.44. The first-order valence-corrected chi connectivity index (χ1v) is 13.6. The predicted molar refractivity (Wildman–Crippen MR) is 142 cm³/mol. The number of thioether (sulfide) groups is 1. The number of aliphatic hydroxyl groups excluding tert-OH is 1. The largest absolute Gasteiger partial charge is 0.378 e. The molecule has 0 spiro atoms. The van der Waals surface area contributed by atoms with Crippen molar-refractivity contribution in [1.82, 2.24) is 25.7 Å². The Morgan fingerprint density at radius 2 is 1.92 bits per heavy atom. The van der Waals surface area contributed by atoms with Crippen molar-refractivity contribution in [3.8, 4) is 0 Å². The van der Waals surface area contributed by atoms with Gasteiger partial charge in [0.1, 0.15) is 10.7 Å². The summed E-state index contributed by atoms with van der Waals surface area (Å²) in [5.41, 5.74) is 5.75. The fourth-order valence-electron chi connectivity index (χ4n) is 3.92. The Morgan fingerprint density at radius 3 is 2.65 bits per heavy atom. The van der Waals surface area contributed by atoms with E-state index in [9.17, 15) is 19.5 Å². The zero-order valence-electron chi connectivity index (χ0n) is 20.0. The van der Waals surface area contributed by atoms with Crippen molar-refractivity contribution in [2.75, 3.05) is 18.8 Å². The van der Waals surface area contributed by atoms with Gasteiger partial charge in [-0.25, -0.2) is 9.97 Å². The lowest BCUT2D eigenvalue weighted by atomic mass is 9.97. The summed E-state index contributed by atoms with van der Waals surface area (Å²) in [6.07, 6.45) is 3.53. The minimum Gasteiger partial charge on any atom is -0.378 e. The molecule has 1 atom stereocenters. The molecule has 0 bridgehead atoms. The normalized spacial score (nSPS) is 14.6. The minimum absolute atomic E-state index is 0.0363. The molecule has 1 aliphatic rings. The van der Waals surface area contributed by atoms with E-state index >= 15 is 0 Å². The Hall–Kier alpha value is -3.54. The zero-order valence-corrected chi connectivity index (χ0v) is 21.6. The number of benzene rings is 1. The number of likely N-dealkylation sites (tertiary alicyclic amines) is 1. The highest BCUT2D eigenvalue weighted by atomic mass is 32.2. The number of hydrogen-bond acceptors (Lipinski definition) is 8. The summed E-state index contributed by atoms with van der Waals surface area (Å²) < 4.78 is 0. The standard InChI is InChI=1S/C26H27N5O4S2/c1-2-15-36-25-19(9-6-12-27-25)26(35)31-13-10-18(11-14-31)24-28-20(16-37-24)22(33)29-30-23(34)21(32)17-7-4-3-5-8-17/h2-9,12,16,18,21,32H,1,10-11,13-15H2,(H,29,33)(H,30,34). The average molecular weight is 538 g/mol. The quantitative estimate of drug-likeness (QED) is 0.229. The molecule has 11 heteroatoms. The van der Waals surface area contributed by atoms with Crippen LogP contribution in [-0.4, -0.2) is 56.5 Å². The molecule has 1 unspecified atom stereocenters. The van der Waals surface area contributed by atoms with Crippen LogP contribution in [0.3, 0.4) is 0 Å². The number of hydrazine groups is 1. The Bertz CT molecular complexity index is 1260. The highest BCUT2D eigenvalue weighted by Crippen LogP contribution is 2.31. The van der Waals surface area contributed by atoms with E-state index in [-0.39, 0.29) is 17.5 Å². The van der Waals surface area contributed by atoms with Crippen molar-refractivity contribution < 1.29 is 19.5 Å². The lowest BCUT2D eigenvalue weighted by Gasteiger charge is -2.31. The van der Waals surface area contributed by atoms with Crippen LogP contribution in [0.2, 0.25) is 0 Å². The molecule has 192 valence electrons. The molecule has 2 aromatic heterocycles. The van der Waals surface area contributed by atoms with Crippen molar-refractivity contribution in [3.63, 3.8) is 0 Å². The van der Waals surface area contributed by atoms with E-state index < -0.39 is 17.9 Å². The summed E-state index contributed by atoms with van der Waals surface area (Å²) in [7, 11) is 0. The number of aromatic nitrogens is 2. The topological polar surface area (TPSA) is 125 Å². The van der Waals surface area contributed by atoms with Crippen LogP contribution in [0, 0.1) is 0 Å². The number of piperidine rings is 1. The molecule has 3 amide bonds. The molecule has 3 N–H and O–H groups in total. The molecule has 3 heterocycles. The van der Waals surface area contributed by atoms with E-state index in [0.717, 1.165) is 17.8 Å². The van der Waals surface area contributed by atoms with E-state index in [2.05, 4.69) is 27.4 Å². The van der Waals surface area contributed by atoms with Gasteiger partial charge in [-0.3, -0.25) is 25.2 Å². The minimum atomic E-state index is -1.40. The molecule has 9 nitrogen and oxygen atoms in total. The molecule has 1 saturated heterocycles. The van der Waals surface area contributed by atoms with Crippen LogP contribution in [0.5, 0.6) is 0 Å². The van der Waals surface area contributed by atoms with Crippen LogP contribution in [0.4, 0.5) is 0 Å². The van der Waals surface area contributed by atoms with Crippen molar-refractivity contribution in [3.05, 3.63) is 88.5 Å². The van der Waals surface area contributed by atoms with Crippen LogP contribution < -0.4 is 10.9 Å². The van der Waals surface area contributed by atoms with E-state index in [1.165, 1.54) is 23.1 Å². The second-order valence-corrected chi connectivity index (χ2v) is 10.2. The lowest BCUT2D eigenvalue weighted by molar-refractivity contribution is -0.130. The van der Waals surface area contributed by atoms with Crippen molar-refractivity contribution in [2.45, 2.75) is 29.9 Å². The van der Waals surface area contributed by atoms with Crippen LogP contribution in [0.15, 0.2) is 71.7 Å². The SMILES string of the molecule is C=CCSc1ncccc1C(=O)N1CCC(c2nc(C(=O)NNC(=O)C(O)c3ccccc3)cs2)CC1. The molecule has 37 heavy (non-hydrogen) atoms. The van der Waals surface area contributed by atoms with Crippen LogP contribution >= 0.6 is 23.1 Å². The molecule has 3 aromatic rings. The summed E-state index contributed by atoms with van der Waals surface area (Å²) in [6.45, 7) is 4.89. The van der Waals surface area contributed by atoms with Gasteiger partial charge < -0.3 is 10.0 Å². The molecular formula is C26H27N5O4S2. The summed E-state index contributed by atoms with van der Waals surface area (Å²) in [6, 6.07) is 12.0. The number of aliphatic hydroxyl groups is 1.